The molecule has 1 atom stereocenters. The Labute approximate surface area is 114 Å². The number of carboxylic acid groups (broad SMARTS) is 1. The molecule has 0 fully saturated rings. The highest BCUT2D eigenvalue weighted by molar-refractivity contribution is 5.89. The molecule has 0 radical (unpaired) electrons. The molecule has 0 saturated heterocycles. The summed E-state index contributed by atoms with van der Waals surface area (Å²) >= 11 is 0. The summed E-state index contributed by atoms with van der Waals surface area (Å²) in [4.78, 5) is 32.0. The van der Waals surface area contributed by atoms with Crippen LogP contribution in [0.3, 0.4) is 0 Å². The molecule has 0 heterocycles. The fourth-order valence-corrected chi connectivity index (χ4v) is 1.51. The van der Waals surface area contributed by atoms with E-state index >= 15 is 0 Å². The number of hydrogen-bond donors (Lipinski definition) is 3. The van der Waals surface area contributed by atoms with Crippen molar-refractivity contribution in [2.24, 2.45) is 5.92 Å². The first-order valence-corrected chi connectivity index (χ1v) is 5.89. The number of benzene rings is 1. The topological polar surface area (TPSA) is 122 Å². The Hall–Kier alpha value is -2.64. The Kier molecular flexibility index (Phi) is 5.45. The van der Waals surface area contributed by atoms with Gasteiger partial charge in [-0.25, -0.2) is 4.79 Å². The molecule has 1 aromatic rings. The average molecular weight is 281 g/mol. The number of nitrogens with one attached hydrogen (secondary N) is 2. The lowest BCUT2D eigenvalue weighted by Gasteiger charge is -2.11. The minimum absolute atomic E-state index is 0.0446. The third-order valence-electron chi connectivity index (χ3n) is 2.45. The summed E-state index contributed by atoms with van der Waals surface area (Å²) in [5.74, 6) is -1.14. The van der Waals surface area contributed by atoms with E-state index in [-0.39, 0.29) is 24.6 Å². The van der Waals surface area contributed by atoms with Crippen molar-refractivity contribution in [2.75, 3.05) is 11.9 Å². The third kappa shape index (κ3) is 5.34. The van der Waals surface area contributed by atoms with Gasteiger partial charge in [0.1, 0.15) is 0 Å². The van der Waals surface area contributed by atoms with Crippen LogP contribution in [0.25, 0.3) is 0 Å². The molecule has 0 aliphatic heterocycles. The van der Waals surface area contributed by atoms with E-state index in [1.807, 2.05) is 0 Å². The van der Waals surface area contributed by atoms with Crippen molar-refractivity contribution < 1.29 is 19.6 Å². The Morgan fingerprint density at radius 3 is 2.75 bits per heavy atom. The van der Waals surface area contributed by atoms with Gasteiger partial charge in [-0.15, -0.1) is 0 Å². The zero-order valence-electron chi connectivity index (χ0n) is 10.8. The summed E-state index contributed by atoms with van der Waals surface area (Å²) in [6, 6.07) is 4.99. The molecular weight excluding hydrogens is 266 g/mol. The number of carboxylic acids is 1. The highest BCUT2D eigenvalue weighted by Crippen LogP contribution is 2.16. The van der Waals surface area contributed by atoms with E-state index < -0.39 is 16.9 Å². The van der Waals surface area contributed by atoms with Gasteiger partial charge in [0, 0.05) is 30.8 Å². The maximum Gasteiger partial charge on any atom is 0.319 e. The number of urea groups is 1. The SMILES string of the molecule is CC(CNC(=O)Nc1cccc([N+](=O)[O-])c1)CC(=O)O. The van der Waals surface area contributed by atoms with Crippen LogP contribution in [0.15, 0.2) is 24.3 Å². The Morgan fingerprint density at radius 1 is 1.45 bits per heavy atom. The van der Waals surface area contributed by atoms with Crippen LogP contribution in [-0.4, -0.2) is 28.6 Å². The Morgan fingerprint density at radius 2 is 2.15 bits per heavy atom. The number of anilines is 1. The Balaban J connectivity index is 2.48. The van der Waals surface area contributed by atoms with E-state index in [2.05, 4.69) is 10.6 Å². The lowest BCUT2D eigenvalue weighted by molar-refractivity contribution is -0.384. The lowest BCUT2D eigenvalue weighted by Crippen LogP contribution is -2.32. The van der Waals surface area contributed by atoms with E-state index in [9.17, 15) is 19.7 Å². The molecule has 1 rings (SSSR count). The molecule has 1 aromatic carbocycles. The lowest BCUT2D eigenvalue weighted by atomic mass is 10.1. The van der Waals surface area contributed by atoms with Crippen LogP contribution in [0.5, 0.6) is 0 Å². The number of rotatable bonds is 6. The van der Waals surface area contributed by atoms with E-state index in [0.29, 0.717) is 5.69 Å². The zero-order valence-corrected chi connectivity index (χ0v) is 10.8. The summed E-state index contributed by atoms with van der Waals surface area (Å²) in [6.45, 7) is 1.90. The normalized spacial score (nSPS) is 11.4. The van der Waals surface area contributed by atoms with Crippen molar-refractivity contribution in [3.63, 3.8) is 0 Å². The maximum atomic E-state index is 11.5. The highest BCUT2D eigenvalue weighted by atomic mass is 16.6. The first kappa shape index (κ1) is 15.4. The number of carbonyl (C=O) groups is 2. The molecule has 0 aliphatic carbocycles. The second-order valence-electron chi connectivity index (χ2n) is 4.35. The summed E-state index contributed by atoms with van der Waals surface area (Å²) in [5, 5.41) is 24.1. The van der Waals surface area contributed by atoms with Crippen LogP contribution < -0.4 is 10.6 Å². The molecule has 0 bridgehead atoms. The molecule has 0 spiro atoms. The third-order valence-corrected chi connectivity index (χ3v) is 2.45. The molecule has 108 valence electrons. The number of hydrogen-bond acceptors (Lipinski definition) is 4. The second kappa shape index (κ2) is 7.07. The van der Waals surface area contributed by atoms with Crippen molar-refractivity contribution in [3.8, 4) is 0 Å². The van der Waals surface area contributed by atoms with Crippen molar-refractivity contribution in [1.29, 1.82) is 0 Å². The van der Waals surface area contributed by atoms with Gasteiger partial charge < -0.3 is 15.7 Å². The number of carbonyl (C=O) groups excluding carboxylic acids is 1. The van der Waals surface area contributed by atoms with Crippen LogP contribution >= 0.6 is 0 Å². The minimum Gasteiger partial charge on any atom is -0.481 e. The largest absolute Gasteiger partial charge is 0.481 e. The van der Waals surface area contributed by atoms with Gasteiger partial charge in [0.05, 0.1) is 4.92 Å². The molecule has 8 heteroatoms. The predicted octanol–water partition coefficient (Wildman–Crippen LogP) is 1.83. The van der Waals surface area contributed by atoms with Crippen LogP contribution in [0.2, 0.25) is 0 Å². The summed E-state index contributed by atoms with van der Waals surface area (Å²) in [6.07, 6.45) is -0.0446. The van der Waals surface area contributed by atoms with Crippen LogP contribution in [-0.2, 0) is 4.79 Å². The predicted molar refractivity (Wildman–Crippen MR) is 71.5 cm³/mol. The molecule has 1 unspecified atom stereocenters. The van der Waals surface area contributed by atoms with Gasteiger partial charge in [0.2, 0.25) is 0 Å². The van der Waals surface area contributed by atoms with E-state index in [1.54, 1.807) is 6.92 Å². The van der Waals surface area contributed by atoms with E-state index in [1.165, 1.54) is 24.3 Å². The fourth-order valence-electron chi connectivity index (χ4n) is 1.51. The highest BCUT2D eigenvalue weighted by Gasteiger charge is 2.10. The van der Waals surface area contributed by atoms with Crippen LogP contribution in [0, 0.1) is 16.0 Å². The average Bonchev–Trinajstić information content (AvgIpc) is 2.36. The monoisotopic (exact) mass is 281 g/mol. The number of aliphatic carboxylic acids is 1. The van der Waals surface area contributed by atoms with Crippen molar-refractivity contribution in [2.45, 2.75) is 13.3 Å². The Bertz CT molecular complexity index is 518. The quantitative estimate of drug-likeness (QED) is 0.542. The number of nitro groups is 1. The van der Waals surface area contributed by atoms with Gasteiger partial charge in [-0.05, 0) is 12.0 Å². The first-order chi connectivity index (χ1) is 9.38. The van der Waals surface area contributed by atoms with Crippen LogP contribution in [0.4, 0.5) is 16.2 Å². The number of nitrogens with zero attached hydrogens (tertiary/aromatic N) is 1. The molecule has 20 heavy (non-hydrogen) atoms. The number of amides is 2. The van der Waals surface area contributed by atoms with Gasteiger partial charge in [-0.1, -0.05) is 13.0 Å². The minimum atomic E-state index is -0.932. The maximum absolute atomic E-state index is 11.5. The number of non-ortho nitro benzene ring substituents is 1. The van der Waals surface area contributed by atoms with E-state index in [4.69, 9.17) is 5.11 Å². The van der Waals surface area contributed by atoms with Crippen LogP contribution in [0.1, 0.15) is 13.3 Å². The van der Waals surface area contributed by atoms with Crippen molar-refractivity contribution >= 4 is 23.4 Å². The first-order valence-electron chi connectivity index (χ1n) is 5.89. The van der Waals surface area contributed by atoms with Crippen molar-refractivity contribution in [3.05, 3.63) is 34.4 Å². The molecule has 2 amide bonds. The smallest absolute Gasteiger partial charge is 0.319 e. The molecule has 0 saturated carbocycles. The van der Waals surface area contributed by atoms with Gasteiger partial charge in [0.15, 0.2) is 0 Å². The van der Waals surface area contributed by atoms with Gasteiger partial charge in [-0.2, -0.15) is 0 Å². The molecule has 8 nitrogen and oxygen atoms in total. The summed E-state index contributed by atoms with van der Waals surface area (Å²) < 4.78 is 0. The number of nitro benzene ring substituents is 1. The summed E-state index contributed by atoms with van der Waals surface area (Å²) in [7, 11) is 0. The van der Waals surface area contributed by atoms with Crippen molar-refractivity contribution in [1.82, 2.24) is 5.32 Å². The standard InChI is InChI=1S/C12H15N3O5/c1-8(5-11(16)17)7-13-12(18)14-9-3-2-4-10(6-9)15(19)20/h2-4,6,8H,5,7H2,1H3,(H,16,17)(H2,13,14,18). The summed E-state index contributed by atoms with van der Waals surface area (Å²) in [5.41, 5.74) is 0.171. The zero-order chi connectivity index (χ0) is 15.1. The second-order valence-corrected chi connectivity index (χ2v) is 4.35. The van der Waals surface area contributed by atoms with Gasteiger partial charge >= 0.3 is 12.0 Å². The van der Waals surface area contributed by atoms with E-state index in [0.717, 1.165) is 0 Å². The van der Waals surface area contributed by atoms with Gasteiger partial charge in [0.25, 0.3) is 5.69 Å². The molecule has 3 N–H and O–H groups in total. The van der Waals surface area contributed by atoms with Gasteiger partial charge in [-0.3, -0.25) is 14.9 Å². The molecule has 0 aliphatic rings. The molecular formula is C12H15N3O5. The fraction of sp³-hybridized carbons (Fsp3) is 0.333. The molecule has 0 aromatic heterocycles.